The molecule has 0 atom stereocenters. The second kappa shape index (κ2) is 3.74. The molecule has 0 unspecified atom stereocenters. The zero-order valence-corrected chi connectivity index (χ0v) is 6.80. The number of hydrogen-bond acceptors (Lipinski definition) is 2. The number of nitrogens with two attached hydrogens (primary N) is 1. The molecule has 0 spiro atoms. The summed E-state index contributed by atoms with van der Waals surface area (Å²) >= 11 is 0. The van der Waals surface area contributed by atoms with Crippen LogP contribution in [0.2, 0.25) is 0 Å². The van der Waals surface area contributed by atoms with Crippen LogP contribution in [-0.4, -0.2) is 11.5 Å². The van der Waals surface area contributed by atoms with Crippen LogP contribution in [0.1, 0.15) is 12.0 Å². The lowest BCUT2D eigenvalue weighted by molar-refractivity contribution is -0.0148. The zero-order valence-electron chi connectivity index (χ0n) is 6.80. The highest BCUT2D eigenvalue weighted by Crippen LogP contribution is 2.31. The Morgan fingerprint density at radius 3 is 2.69 bits per heavy atom. The third kappa shape index (κ3) is 2.18. The van der Waals surface area contributed by atoms with Crippen LogP contribution in [0, 0.1) is 5.95 Å². The lowest BCUT2D eigenvalue weighted by Crippen LogP contribution is -2.20. The Bertz CT molecular complexity index is 288. The van der Waals surface area contributed by atoms with Crippen molar-refractivity contribution in [3.05, 3.63) is 29.8 Å². The molecule has 1 heterocycles. The lowest BCUT2D eigenvalue weighted by atomic mass is 10.1. The summed E-state index contributed by atoms with van der Waals surface area (Å²) in [5.74, 6) is -4.37. The molecule has 0 aliphatic rings. The van der Waals surface area contributed by atoms with Gasteiger partial charge in [0.2, 0.25) is 5.95 Å². The minimum atomic E-state index is -3.23. The average Bonchev–Trinajstić information content (AvgIpc) is 2.04. The predicted octanol–water partition coefficient (Wildman–Crippen LogP) is 1.66. The van der Waals surface area contributed by atoms with Crippen molar-refractivity contribution >= 4 is 0 Å². The first kappa shape index (κ1) is 9.98. The van der Waals surface area contributed by atoms with E-state index in [2.05, 4.69) is 4.98 Å². The summed E-state index contributed by atoms with van der Waals surface area (Å²) in [6.45, 7) is -0.193. The Morgan fingerprint density at radius 2 is 2.15 bits per heavy atom. The van der Waals surface area contributed by atoms with Crippen LogP contribution in [0.5, 0.6) is 0 Å². The van der Waals surface area contributed by atoms with E-state index >= 15 is 0 Å². The van der Waals surface area contributed by atoms with Crippen molar-refractivity contribution in [1.29, 1.82) is 0 Å². The van der Waals surface area contributed by atoms with Gasteiger partial charge in [0, 0.05) is 12.6 Å². The fraction of sp³-hybridized carbons (Fsp3) is 0.375. The maximum Gasteiger partial charge on any atom is 0.278 e. The van der Waals surface area contributed by atoms with Gasteiger partial charge >= 0.3 is 0 Å². The van der Waals surface area contributed by atoms with Crippen molar-refractivity contribution in [1.82, 2.24) is 4.98 Å². The molecule has 0 radical (unpaired) electrons. The topological polar surface area (TPSA) is 38.9 Å². The van der Waals surface area contributed by atoms with Gasteiger partial charge in [0.05, 0.1) is 5.56 Å². The predicted molar refractivity (Wildman–Crippen MR) is 41.8 cm³/mol. The smallest absolute Gasteiger partial charge is 0.278 e. The molecule has 0 aromatic carbocycles. The van der Waals surface area contributed by atoms with Crippen molar-refractivity contribution in [2.75, 3.05) is 6.54 Å². The Balaban J connectivity index is 2.99. The number of rotatable bonds is 3. The van der Waals surface area contributed by atoms with Gasteiger partial charge in [-0.25, -0.2) is 13.8 Å². The second-order valence-electron chi connectivity index (χ2n) is 2.58. The molecular formula is C8H9F3N2. The van der Waals surface area contributed by atoms with Crippen LogP contribution in [-0.2, 0) is 5.92 Å². The number of pyridine rings is 1. The molecule has 1 rings (SSSR count). The van der Waals surface area contributed by atoms with Gasteiger partial charge in [-0.1, -0.05) is 0 Å². The summed E-state index contributed by atoms with van der Waals surface area (Å²) in [7, 11) is 0. The number of nitrogens with zero attached hydrogens (tertiary/aromatic N) is 1. The van der Waals surface area contributed by atoms with E-state index in [9.17, 15) is 13.2 Å². The maximum atomic E-state index is 13.1. The van der Waals surface area contributed by atoms with Gasteiger partial charge < -0.3 is 5.73 Å². The van der Waals surface area contributed by atoms with E-state index in [4.69, 9.17) is 5.73 Å². The normalized spacial score (nSPS) is 11.7. The summed E-state index contributed by atoms with van der Waals surface area (Å²) in [5, 5.41) is 0. The molecule has 0 saturated carbocycles. The minimum Gasteiger partial charge on any atom is -0.330 e. The molecule has 13 heavy (non-hydrogen) atoms. The first-order chi connectivity index (χ1) is 6.08. The first-order valence-corrected chi connectivity index (χ1v) is 3.77. The molecule has 0 saturated heterocycles. The fourth-order valence-electron chi connectivity index (χ4n) is 0.975. The molecule has 0 amide bonds. The Morgan fingerprint density at radius 1 is 1.46 bits per heavy atom. The van der Waals surface area contributed by atoms with Gasteiger partial charge in [0.15, 0.2) is 0 Å². The van der Waals surface area contributed by atoms with Crippen LogP contribution < -0.4 is 5.73 Å². The summed E-state index contributed by atoms with van der Waals surface area (Å²) in [6, 6.07) is 2.28. The van der Waals surface area contributed by atoms with E-state index in [-0.39, 0.29) is 6.54 Å². The fourth-order valence-corrected chi connectivity index (χ4v) is 0.975. The summed E-state index contributed by atoms with van der Waals surface area (Å²) < 4.78 is 38.9. The monoisotopic (exact) mass is 190 g/mol. The quantitative estimate of drug-likeness (QED) is 0.736. The van der Waals surface area contributed by atoms with Crippen LogP contribution >= 0.6 is 0 Å². The van der Waals surface area contributed by atoms with Crippen LogP contribution in [0.4, 0.5) is 13.2 Å². The minimum absolute atomic E-state index is 0.193. The van der Waals surface area contributed by atoms with E-state index in [1.807, 2.05) is 0 Å². The third-order valence-electron chi connectivity index (χ3n) is 1.61. The SMILES string of the molecule is NCCC(F)(F)c1cccnc1F. The first-order valence-electron chi connectivity index (χ1n) is 3.77. The van der Waals surface area contributed by atoms with Gasteiger partial charge in [-0.3, -0.25) is 0 Å². The molecule has 2 nitrogen and oxygen atoms in total. The maximum absolute atomic E-state index is 13.1. The standard InChI is InChI=1S/C8H9F3N2/c9-7-6(2-1-5-13-7)8(10,11)3-4-12/h1-2,5H,3-4,12H2. The Labute approximate surface area is 73.6 Å². The molecule has 2 N–H and O–H groups in total. The van der Waals surface area contributed by atoms with Gasteiger partial charge in [-0.2, -0.15) is 4.39 Å². The van der Waals surface area contributed by atoms with Gasteiger partial charge in [0.25, 0.3) is 5.92 Å². The molecule has 72 valence electrons. The van der Waals surface area contributed by atoms with Crippen molar-refractivity contribution in [3.63, 3.8) is 0 Å². The molecule has 0 fully saturated rings. The van der Waals surface area contributed by atoms with Crippen molar-refractivity contribution in [3.8, 4) is 0 Å². The number of aromatic nitrogens is 1. The molecule has 5 heteroatoms. The van der Waals surface area contributed by atoms with Crippen LogP contribution in [0.25, 0.3) is 0 Å². The highest BCUT2D eigenvalue weighted by atomic mass is 19.3. The van der Waals surface area contributed by atoms with Crippen LogP contribution in [0.15, 0.2) is 18.3 Å². The molecule has 0 aliphatic heterocycles. The van der Waals surface area contributed by atoms with Gasteiger partial charge in [-0.15, -0.1) is 0 Å². The van der Waals surface area contributed by atoms with Crippen molar-refractivity contribution in [2.45, 2.75) is 12.3 Å². The van der Waals surface area contributed by atoms with E-state index in [1.54, 1.807) is 0 Å². The van der Waals surface area contributed by atoms with Gasteiger partial charge in [-0.05, 0) is 18.7 Å². The third-order valence-corrected chi connectivity index (χ3v) is 1.61. The highest BCUT2D eigenvalue weighted by molar-refractivity contribution is 5.16. The Hall–Kier alpha value is -1.10. The van der Waals surface area contributed by atoms with Gasteiger partial charge in [0.1, 0.15) is 0 Å². The van der Waals surface area contributed by atoms with E-state index in [1.165, 1.54) is 6.07 Å². The van der Waals surface area contributed by atoms with E-state index in [0.717, 1.165) is 12.3 Å². The lowest BCUT2D eigenvalue weighted by Gasteiger charge is -2.15. The summed E-state index contributed by atoms with van der Waals surface area (Å²) in [4.78, 5) is 3.14. The number of hydrogen-bond donors (Lipinski definition) is 1. The van der Waals surface area contributed by atoms with Crippen molar-refractivity contribution < 1.29 is 13.2 Å². The molecule has 1 aromatic heterocycles. The average molecular weight is 190 g/mol. The summed E-state index contributed by atoms with van der Waals surface area (Å²) in [5.41, 5.74) is 4.29. The number of alkyl halides is 2. The van der Waals surface area contributed by atoms with Crippen LogP contribution in [0.3, 0.4) is 0 Å². The summed E-state index contributed by atoms with van der Waals surface area (Å²) in [6.07, 6.45) is 0.549. The molecular weight excluding hydrogens is 181 g/mol. The molecule has 0 bridgehead atoms. The Kier molecular flexibility index (Phi) is 2.87. The van der Waals surface area contributed by atoms with Crippen molar-refractivity contribution in [2.24, 2.45) is 5.73 Å². The molecule has 1 aromatic rings. The highest BCUT2D eigenvalue weighted by Gasteiger charge is 2.33. The van der Waals surface area contributed by atoms with E-state index < -0.39 is 23.9 Å². The number of halogens is 3. The largest absolute Gasteiger partial charge is 0.330 e. The molecule has 0 aliphatic carbocycles. The second-order valence-corrected chi connectivity index (χ2v) is 2.58. The van der Waals surface area contributed by atoms with E-state index in [0.29, 0.717) is 0 Å². The zero-order chi connectivity index (χ0) is 9.90.